The monoisotopic (exact) mass is 248 g/mol. The first-order chi connectivity index (χ1) is 8.83. The molecular weight excluding hydrogens is 224 g/mol. The zero-order valence-electron chi connectivity index (χ0n) is 11.4. The minimum atomic E-state index is -0.0539. The molecule has 0 aliphatic carbocycles. The van der Waals surface area contributed by atoms with Crippen molar-refractivity contribution in [3.8, 4) is 0 Å². The van der Waals surface area contributed by atoms with Gasteiger partial charge in [0, 0.05) is 6.42 Å². The standard InChI is InChI=1S/C16H24O2/c1-2-10-16(17)18-14-9-4-3-6-11-15-12-7-5-8-13-15/h5,7-8,12-13H,2-4,6,9-11,14H2,1H3. The molecule has 0 amide bonds. The average molecular weight is 248 g/mol. The highest BCUT2D eigenvalue weighted by molar-refractivity contribution is 5.69. The minimum Gasteiger partial charge on any atom is -0.466 e. The zero-order chi connectivity index (χ0) is 13.1. The molecule has 0 fully saturated rings. The van der Waals surface area contributed by atoms with Crippen LogP contribution < -0.4 is 0 Å². The number of hydrogen-bond donors (Lipinski definition) is 0. The van der Waals surface area contributed by atoms with Gasteiger partial charge in [0.05, 0.1) is 6.61 Å². The summed E-state index contributed by atoms with van der Waals surface area (Å²) >= 11 is 0. The van der Waals surface area contributed by atoms with Gasteiger partial charge in [0.25, 0.3) is 0 Å². The molecule has 0 bridgehead atoms. The van der Waals surface area contributed by atoms with Crippen LogP contribution in [-0.2, 0) is 16.0 Å². The summed E-state index contributed by atoms with van der Waals surface area (Å²) in [6.45, 7) is 2.58. The molecule has 0 spiro atoms. The number of carbonyl (C=O) groups excluding carboxylic acids is 1. The first kappa shape index (κ1) is 14.7. The van der Waals surface area contributed by atoms with Gasteiger partial charge in [-0.15, -0.1) is 0 Å². The topological polar surface area (TPSA) is 26.3 Å². The largest absolute Gasteiger partial charge is 0.466 e. The molecule has 2 nitrogen and oxygen atoms in total. The molecule has 0 saturated carbocycles. The van der Waals surface area contributed by atoms with Crippen molar-refractivity contribution >= 4 is 5.97 Å². The zero-order valence-corrected chi connectivity index (χ0v) is 11.4. The van der Waals surface area contributed by atoms with E-state index in [0.29, 0.717) is 13.0 Å². The van der Waals surface area contributed by atoms with Crippen molar-refractivity contribution in [2.75, 3.05) is 6.61 Å². The summed E-state index contributed by atoms with van der Waals surface area (Å²) in [5, 5.41) is 0. The summed E-state index contributed by atoms with van der Waals surface area (Å²) in [5.74, 6) is -0.0539. The molecule has 1 aromatic carbocycles. The highest BCUT2D eigenvalue weighted by Crippen LogP contribution is 2.07. The van der Waals surface area contributed by atoms with Crippen LogP contribution in [0.2, 0.25) is 0 Å². The molecule has 0 aliphatic heterocycles. The smallest absolute Gasteiger partial charge is 0.305 e. The lowest BCUT2D eigenvalue weighted by molar-refractivity contribution is -0.143. The number of carbonyl (C=O) groups is 1. The molecular formula is C16H24O2. The van der Waals surface area contributed by atoms with Gasteiger partial charge in [-0.05, 0) is 31.2 Å². The van der Waals surface area contributed by atoms with Crippen molar-refractivity contribution in [3.05, 3.63) is 35.9 Å². The molecule has 0 unspecified atom stereocenters. The lowest BCUT2D eigenvalue weighted by Gasteiger charge is -2.04. The van der Waals surface area contributed by atoms with Crippen LogP contribution in [0.15, 0.2) is 30.3 Å². The molecule has 0 aromatic heterocycles. The highest BCUT2D eigenvalue weighted by Gasteiger charge is 1.99. The van der Waals surface area contributed by atoms with Gasteiger partial charge in [0.1, 0.15) is 0 Å². The Balaban J connectivity index is 1.92. The molecule has 2 heteroatoms. The molecule has 0 aliphatic rings. The van der Waals surface area contributed by atoms with Gasteiger partial charge < -0.3 is 4.74 Å². The minimum absolute atomic E-state index is 0.0539. The van der Waals surface area contributed by atoms with Gasteiger partial charge in [-0.25, -0.2) is 0 Å². The summed E-state index contributed by atoms with van der Waals surface area (Å²) in [5.41, 5.74) is 1.41. The van der Waals surface area contributed by atoms with Gasteiger partial charge in [-0.3, -0.25) is 4.79 Å². The van der Waals surface area contributed by atoms with E-state index >= 15 is 0 Å². The van der Waals surface area contributed by atoms with Gasteiger partial charge in [0.15, 0.2) is 0 Å². The lowest BCUT2D eigenvalue weighted by atomic mass is 10.1. The molecule has 1 rings (SSSR count). The third kappa shape index (κ3) is 7.10. The van der Waals surface area contributed by atoms with Crippen LogP contribution in [-0.4, -0.2) is 12.6 Å². The van der Waals surface area contributed by atoms with Crippen LogP contribution in [0.5, 0.6) is 0 Å². The predicted molar refractivity (Wildman–Crippen MR) is 74.5 cm³/mol. The highest BCUT2D eigenvalue weighted by atomic mass is 16.5. The van der Waals surface area contributed by atoms with Gasteiger partial charge in [0.2, 0.25) is 0 Å². The summed E-state index contributed by atoms with van der Waals surface area (Å²) in [4.78, 5) is 11.1. The fraction of sp³-hybridized carbons (Fsp3) is 0.562. The van der Waals surface area contributed by atoms with Crippen molar-refractivity contribution < 1.29 is 9.53 Å². The Kier molecular flexibility index (Phi) is 7.94. The third-order valence-electron chi connectivity index (χ3n) is 2.92. The van der Waals surface area contributed by atoms with Crippen LogP contribution >= 0.6 is 0 Å². The second-order valence-corrected chi connectivity index (χ2v) is 4.62. The van der Waals surface area contributed by atoms with Crippen LogP contribution in [0.25, 0.3) is 0 Å². The Morgan fingerprint density at radius 1 is 1.06 bits per heavy atom. The van der Waals surface area contributed by atoms with Gasteiger partial charge >= 0.3 is 5.97 Å². The normalized spacial score (nSPS) is 10.3. The molecule has 0 radical (unpaired) electrons. The molecule has 100 valence electrons. The van der Waals surface area contributed by atoms with E-state index in [9.17, 15) is 4.79 Å². The van der Waals surface area contributed by atoms with Crippen molar-refractivity contribution in [2.24, 2.45) is 0 Å². The van der Waals surface area contributed by atoms with E-state index in [-0.39, 0.29) is 5.97 Å². The number of hydrogen-bond acceptors (Lipinski definition) is 2. The Labute approximate surface area is 110 Å². The summed E-state index contributed by atoms with van der Waals surface area (Å²) in [7, 11) is 0. The number of rotatable bonds is 9. The maximum Gasteiger partial charge on any atom is 0.305 e. The molecule has 1 aromatic rings. The second kappa shape index (κ2) is 9.69. The third-order valence-corrected chi connectivity index (χ3v) is 2.92. The quantitative estimate of drug-likeness (QED) is 0.485. The fourth-order valence-corrected chi connectivity index (χ4v) is 1.89. The predicted octanol–water partition coefficient (Wildman–Crippen LogP) is 4.13. The Morgan fingerprint density at radius 2 is 1.78 bits per heavy atom. The van der Waals surface area contributed by atoms with Crippen molar-refractivity contribution in [1.29, 1.82) is 0 Å². The van der Waals surface area contributed by atoms with E-state index < -0.39 is 0 Å². The number of ether oxygens (including phenoxy) is 1. The molecule has 0 saturated heterocycles. The van der Waals surface area contributed by atoms with Crippen molar-refractivity contribution in [1.82, 2.24) is 0 Å². The molecule has 0 heterocycles. The number of esters is 1. The van der Waals surface area contributed by atoms with E-state index in [1.807, 2.05) is 13.0 Å². The summed E-state index contributed by atoms with van der Waals surface area (Å²) < 4.78 is 5.11. The maximum absolute atomic E-state index is 11.1. The van der Waals surface area contributed by atoms with Gasteiger partial charge in [-0.1, -0.05) is 50.1 Å². The molecule has 0 N–H and O–H groups in total. The van der Waals surface area contributed by atoms with E-state index in [2.05, 4.69) is 24.3 Å². The maximum atomic E-state index is 11.1. The average Bonchev–Trinajstić information content (AvgIpc) is 2.39. The summed E-state index contributed by atoms with van der Waals surface area (Å²) in [6.07, 6.45) is 7.13. The lowest BCUT2D eigenvalue weighted by Crippen LogP contribution is -2.04. The van der Waals surface area contributed by atoms with E-state index in [1.54, 1.807) is 0 Å². The summed E-state index contributed by atoms with van der Waals surface area (Å²) in [6, 6.07) is 10.6. The van der Waals surface area contributed by atoms with Gasteiger partial charge in [-0.2, -0.15) is 0 Å². The Morgan fingerprint density at radius 3 is 2.50 bits per heavy atom. The van der Waals surface area contributed by atoms with E-state index in [0.717, 1.165) is 25.7 Å². The van der Waals surface area contributed by atoms with Crippen molar-refractivity contribution in [3.63, 3.8) is 0 Å². The van der Waals surface area contributed by atoms with Crippen LogP contribution in [0.1, 0.15) is 51.0 Å². The Bertz CT molecular complexity index is 319. The number of aryl methyl sites for hydroxylation is 1. The molecule has 0 atom stereocenters. The number of benzene rings is 1. The van der Waals surface area contributed by atoms with Crippen LogP contribution in [0.4, 0.5) is 0 Å². The SMILES string of the molecule is CCCC(=O)OCCCCCCc1ccccc1. The fourth-order valence-electron chi connectivity index (χ4n) is 1.89. The first-order valence-corrected chi connectivity index (χ1v) is 7.02. The Hall–Kier alpha value is -1.31. The van der Waals surface area contributed by atoms with E-state index in [1.165, 1.54) is 18.4 Å². The first-order valence-electron chi connectivity index (χ1n) is 7.02. The van der Waals surface area contributed by atoms with Crippen LogP contribution in [0, 0.1) is 0 Å². The number of unbranched alkanes of at least 4 members (excludes halogenated alkanes) is 3. The van der Waals surface area contributed by atoms with E-state index in [4.69, 9.17) is 4.74 Å². The second-order valence-electron chi connectivity index (χ2n) is 4.62. The van der Waals surface area contributed by atoms with Crippen LogP contribution in [0.3, 0.4) is 0 Å². The molecule has 18 heavy (non-hydrogen) atoms. The van der Waals surface area contributed by atoms with Crippen molar-refractivity contribution in [2.45, 2.75) is 51.9 Å².